The lowest BCUT2D eigenvalue weighted by molar-refractivity contribution is -0.131. The van der Waals surface area contributed by atoms with E-state index in [1.165, 1.54) is 0 Å². The molecule has 0 fully saturated rings. The third-order valence-corrected chi connectivity index (χ3v) is 6.72. The van der Waals surface area contributed by atoms with Crippen LogP contribution in [0.1, 0.15) is 57.3 Å². The Labute approximate surface area is 197 Å². The molecule has 6 heteroatoms. The molecule has 2 rings (SSSR count). The van der Waals surface area contributed by atoms with Crippen LogP contribution in [0.2, 0.25) is 0 Å². The van der Waals surface area contributed by atoms with Gasteiger partial charge in [0.15, 0.2) is 5.78 Å². The average molecular weight is 459 g/mol. The number of rotatable bonds is 16. The van der Waals surface area contributed by atoms with Crippen LogP contribution in [0, 0.1) is 0 Å². The van der Waals surface area contributed by atoms with Gasteiger partial charge in [-0.1, -0.05) is 50.1 Å². The number of carbonyl (C=O) groups excluding carboxylic acids is 2. The molecule has 176 valence electrons. The molecule has 0 saturated heterocycles. The molecule has 0 aliphatic carbocycles. The quantitative estimate of drug-likeness (QED) is 0.355. The van der Waals surface area contributed by atoms with Gasteiger partial charge in [-0.2, -0.15) is 0 Å². The summed E-state index contributed by atoms with van der Waals surface area (Å²) in [7, 11) is 1.88. The number of thioether (sulfide) groups is 1. The lowest BCUT2D eigenvalue weighted by Gasteiger charge is -2.25. The summed E-state index contributed by atoms with van der Waals surface area (Å²) in [6.45, 7) is 5.03. The minimum Gasteiger partial charge on any atom is -0.468 e. The molecule has 2 atom stereocenters. The van der Waals surface area contributed by atoms with Crippen molar-refractivity contribution in [2.45, 2.75) is 70.2 Å². The molecule has 0 bridgehead atoms. The summed E-state index contributed by atoms with van der Waals surface area (Å²) in [5.41, 5.74) is 1.04. The molecular formula is C26H38N2O3S. The zero-order chi connectivity index (χ0) is 23.2. The van der Waals surface area contributed by atoms with E-state index < -0.39 is 0 Å². The number of nitrogens with zero attached hydrogens (tertiary/aromatic N) is 1. The summed E-state index contributed by atoms with van der Waals surface area (Å²) in [5, 5.41) is 3.47. The van der Waals surface area contributed by atoms with Crippen LogP contribution in [-0.4, -0.2) is 48.0 Å². The molecule has 1 aromatic heterocycles. The maximum Gasteiger partial charge on any atom is 0.226 e. The van der Waals surface area contributed by atoms with Crippen LogP contribution in [0.4, 0.5) is 0 Å². The number of hydrogen-bond donors (Lipinski definition) is 1. The lowest BCUT2D eigenvalue weighted by atomic mass is 10.1. The number of benzene rings is 1. The van der Waals surface area contributed by atoms with Crippen molar-refractivity contribution in [1.29, 1.82) is 0 Å². The molecule has 0 spiro atoms. The number of carbonyl (C=O) groups is 2. The first-order chi connectivity index (χ1) is 15.5. The molecule has 0 aliphatic heterocycles. The Balaban J connectivity index is 1.69. The van der Waals surface area contributed by atoms with Crippen LogP contribution in [0.3, 0.4) is 0 Å². The number of amides is 1. The molecule has 1 aromatic carbocycles. The Morgan fingerprint density at radius 2 is 1.88 bits per heavy atom. The molecule has 0 aliphatic rings. The van der Waals surface area contributed by atoms with E-state index >= 15 is 0 Å². The molecule has 1 N–H and O–H groups in total. The number of nitrogens with one attached hydrogen (secondary N) is 1. The molecule has 32 heavy (non-hydrogen) atoms. The fourth-order valence-electron chi connectivity index (χ4n) is 3.54. The van der Waals surface area contributed by atoms with Crippen molar-refractivity contribution in [1.82, 2.24) is 10.2 Å². The summed E-state index contributed by atoms with van der Waals surface area (Å²) in [4.78, 5) is 27.1. The summed E-state index contributed by atoms with van der Waals surface area (Å²) < 4.78 is 5.34. The van der Waals surface area contributed by atoms with E-state index in [4.69, 9.17) is 4.42 Å². The normalized spacial score (nSPS) is 13.0. The summed E-state index contributed by atoms with van der Waals surface area (Å²) in [5.74, 6) is 2.52. The third kappa shape index (κ3) is 9.61. The molecule has 1 heterocycles. The van der Waals surface area contributed by atoms with Gasteiger partial charge in [0.1, 0.15) is 5.76 Å². The van der Waals surface area contributed by atoms with Crippen molar-refractivity contribution < 1.29 is 14.0 Å². The van der Waals surface area contributed by atoms with Crippen LogP contribution < -0.4 is 5.32 Å². The van der Waals surface area contributed by atoms with Crippen molar-refractivity contribution in [3.8, 4) is 0 Å². The Morgan fingerprint density at radius 3 is 2.56 bits per heavy atom. The van der Waals surface area contributed by atoms with Gasteiger partial charge < -0.3 is 14.6 Å². The van der Waals surface area contributed by atoms with Gasteiger partial charge in [0.25, 0.3) is 0 Å². The highest BCUT2D eigenvalue weighted by atomic mass is 32.2. The van der Waals surface area contributed by atoms with Gasteiger partial charge in [-0.05, 0) is 50.4 Å². The Kier molecular flexibility index (Phi) is 12.2. The van der Waals surface area contributed by atoms with E-state index in [2.05, 4.69) is 19.2 Å². The zero-order valence-electron chi connectivity index (χ0n) is 19.7. The smallest absolute Gasteiger partial charge is 0.226 e. The number of hydrogen-bond acceptors (Lipinski definition) is 5. The van der Waals surface area contributed by atoms with Gasteiger partial charge >= 0.3 is 0 Å². The molecule has 0 radical (unpaired) electrons. The van der Waals surface area contributed by atoms with Crippen molar-refractivity contribution in [3.05, 3.63) is 60.1 Å². The maximum atomic E-state index is 12.7. The van der Waals surface area contributed by atoms with Gasteiger partial charge in [0.05, 0.1) is 30.2 Å². The second-order valence-corrected chi connectivity index (χ2v) is 9.33. The fraction of sp³-hybridized carbons (Fsp3) is 0.538. The Bertz CT molecular complexity index is 780. The summed E-state index contributed by atoms with van der Waals surface area (Å²) in [6, 6.07) is 13.7. The number of Topliss-reactive ketones (excluding diaryl/α,β-unsaturated/α-hetero) is 1. The predicted octanol–water partition coefficient (Wildman–Crippen LogP) is 5.10. The van der Waals surface area contributed by atoms with Crippen LogP contribution in [0.15, 0.2) is 53.1 Å². The number of likely N-dealkylation sites (N-methyl/N-ethyl adjacent to an activating group) is 1. The highest BCUT2D eigenvalue weighted by Crippen LogP contribution is 2.15. The monoisotopic (exact) mass is 458 g/mol. The zero-order valence-corrected chi connectivity index (χ0v) is 20.5. The van der Waals surface area contributed by atoms with E-state index in [0.29, 0.717) is 12.2 Å². The SMILES string of the molecule is CCCCC(NCCCC(C)N(C)C(=O)Cc1ccccc1)C(=O)CSCc1ccco1. The van der Waals surface area contributed by atoms with E-state index in [0.717, 1.165) is 55.7 Å². The van der Waals surface area contributed by atoms with Crippen molar-refractivity contribution >= 4 is 23.5 Å². The minimum atomic E-state index is -0.0909. The highest BCUT2D eigenvalue weighted by Gasteiger charge is 2.19. The van der Waals surface area contributed by atoms with Crippen LogP contribution >= 0.6 is 11.8 Å². The van der Waals surface area contributed by atoms with Crippen molar-refractivity contribution in [2.24, 2.45) is 0 Å². The third-order valence-electron chi connectivity index (χ3n) is 5.75. The number of furan rings is 1. The van der Waals surface area contributed by atoms with E-state index in [-0.39, 0.29) is 23.8 Å². The van der Waals surface area contributed by atoms with Crippen LogP contribution in [0.25, 0.3) is 0 Å². The minimum absolute atomic E-state index is 0.0909. The van der Waals surface area contributed by atoms with Crippen molar-refractivity contribution in [3.63, 3.8) is 0 Å². The summed E-state index contributed by atoms with van der Waals surface area (Å²) >= 11 is 1.61. The van der Waals surface area contributed by atoms with Gasteiger partial charge in [0.2, 0.25) is 5.91 Å². The maximum absolute atomic E-state index is 12.7. The molecular weight excluding hydrogens is 420 g/mol. The summed E-state index contributed by atoms with van der Waals surface area (Å²) in [6.07, 6.45) is 6.93. The molecule has 2 unspecified atom stereocenters. The van der Waals surface area contributed by atoms with Crippen LogP contribution in [0.5, 0.6) is 0 Å². The number of ketones is 1. The largest absolute Gasteiger partial charge is 0.468 e. The first kappa shape index (κ1) is 26.2. The van der Waals surface area contributed by atoms with Gasteiger partial charge in [-0.25, -0.2) is 0 Å². The Morgan fingerprint density at radius 1 is 1.09 bits per heavy atom. The topological polar surface area (TPSA) is 62.6 Å². The lowest BCUT2D eigenvalue weighted by Crippen LogP contribution is -2.40. The molecule has 1 amide bonds. The Hall–Kier alpha value is -2.05. The first-order valence-electron chi connectivity index (χ1n) is 11.7. The average Bonchev–Trinajstić information content (AvgIpc) is 3.32. The highest BCUT2D eigenvalue weighted by molar-refractivity contribution is 7.99. The predicted molar refractivity (Wildman–Crippen MR) is 133 cm³/mol. The fourth-order valence-corrected chi connectivity index (χ4v) is 4.41. The van der Waals surface area contributed by atoms with E-state index in [1.54, 1.807) is 18.0 Å². The standard InChI is InChI=1S/C26H38N2O3S/c1-4-5-15-24(25(29)20-32-19-23-14-10-17-31-23)27-16-9-11-21(2)28(3)26(30)18-22-12-7-6-8-13-22/h6-8,10,12-14,17,21,24,27H,4-5,9,11,15-16,18-20H2,1-3H3. The second kappa shape index (κ2) is 14.9. The van der Waals surface area contributed by atoms with E-state index in [1.807, 2.05) is 54.4 Å². The van der Waals surface area contributed by atoms with Gasteiger partial charge in [-0.3, -0.25) is 9.59 Å². The molecule has 0 saturated carbocycles. The van der Waals surface area contributed by atoms with Crippen molar-refractivity contribution in [2.75, 3.05) is 19.3 Å². The van der Waals surface area contributed by atoms with Gasteiger partial charge in [-0.15, -0.1) is 11.8 Å². The van der Waals surface area contributed by atoms with Gasteiger partial charge in [0, 0.05) is 13.1 Å². The van der Waals surface area contributed by atoms with Crippen LogP contribution in [-0.2, 0) is 21.8 Å². The second-order valence-electron chi connectivity index (χ2n) is 8.35. The number of unbranched alkanes of at least 4 members (excludes halogenated alkanes) is 1. The first-order valence-corrected chi connectivity index (χ1v) is 12.8. The van der Waals surface area contributed by atoms with E-state index in [9.17, 15) is 9.59 Å². The molecule has 2 aromatic rings. The molecule has 5 nitrogen and oxygen atoms in total.